The van der Waals surface area contributed by atoms with Crippen LogP contribution in [-0.4, -0.2) is 43.3 Å². The predicted octanol–water partition coefficient (Wildman–Crippen LogP) is 1.94. The van der Waals surface area contributed by atoms with Crippen LogP contribution in [0.5, 0.6) is 11.5 Å². The van der Waals surface area contributed by atoms with Crippen LogP contribution in [0.4, 0.5) is 8.78 Å². The molecule has 0 aromatic heterocycles. The average Bonchev–Trinajstić information content (AvgIpc) is 2.74. The summed E-state index contributed by atoms with van der Waals surface area (Å²) >= 11 is 0. The third-order valence-electron chi connectivity index (χ3n) is 4.00. The van der Waals surface area contributed by atoms with Gasteiger partial charge in [0.2, 0.25) is 0 Å². The molecule has 0 fully saturated rings. The third kappa shape index (κ3) is 8.87. The standard InChI is InChI=1S/C21H26F2N4O4/c1-2-25-21(26-11-14-4-3-5-17(10-14)30-13-19(24)29)27-12-18(28)15-6-8-16(9-7-15)31-20(22)23/h3-10,18,20,28H,2,11-13H2,1H3,(H2,24,29)(H2,25,26,27). The van der Waals surface area contributed by atoms with E-state index in [0.29, 0.717) is 30.4 Å². The molecule has 0 saturated carbocycles. The van der Waals surface area contributed by atoms with Crippen LogP contribution in [0.25, 0.3) is 0 Å². The Hall–Kier alpha value is -3.40. The number of benzene rings is 2. The van der Waals surface area contributed by atoms with Crippen molar-refractivity contribution in [3.63, 3.8) is 0 Å². The predicted molar refractivity (Wildman–Crippen MR) is 112 cm³/mol. The number of amides is 1. The van der Waals surface area contributed by atoms with E-state index in [4.69, 9.17) is 10.5 Å². The second-order valence-corrected chi connectivity index (χ2v) is 6.44. The molecule has 2 aromatic rings. The molecule has 1 unspecified atom stereocenters. The van der Waals surface area contributed by atoms with Gasteiger partial charge in [0.15, 0.2) is 12.6 Å². The largest absolute Gasteiger partial charge is 0.484 e. The molecule has 0 aliphatic rings. The maximum absolute atomic E-state index is 12.2. The first kappa shape index (κ1) is 23.9. The molecule has 168 valence electrons. The number of aliphatic hydroxyl groups is 1. The molecule has 2 aromatic carbocycles. The van der Waals surface area contributed by atoms with Crippen molar-refractivity contribution in [1.82, 2.24) is 10.6 Å². The van der Waals surface area contributed by atoms with E-state index in [9.17, 15) is 18.7 Å². The highest BCUT2D eigenvalue weighted by Crippen LogP contribution is 2.19. The number of hydrogen-bond donors (Lipinski definition) is 4. The zero-order valence-corrected chi connectivity index (χ0v) is 17.1. The van der Waals surface area contributed by atoms with Crippen LogP contribution in [0.15, 0.2) is 53.5 Å². The molecule has 0 aliphatic heterocycles. The SMILES string of the molecule is CCNC(=NCc1cccc(OCC(N)=O)c1)NCC(O)c1ccc(OC(F)F)cc1. The molecule has 1 atom stereocenters. The summed E-state index contributed by atoms with van der Waals surface area (Å²) in [4.78, 5) is 15.3. The van der Waals surface area contributed by atoms with Crippen LogP contribution in [0.1, 0.15) is 24.2 Å². The molecule has 2 rings (SSSR count). The summed E-state index contributed by atoms with van der Waals surface area (Å²) in [6.45, 7) is -0.0884. The first-order chi connectivity index (χ1) is 14.9. The van der Waals surface area contributed by atoms with E-state index in [1.165, 1.54) is 24.3 Å². The molecule has 0 heterocycles. The highest BCUT2D eigenvalue weighted by molar-refractivity contribution is 5.79. The highest BCUT2D eigenvalue weighted by atomic mass is 19.3. The van der Waals surface area contributed by atoms with E-state index in [1.807, 2.05) is 13.0 Å². The van der Waals surface area contributed by atoms with E-state index in [-0.39, 0.29) is 18.9 Å². The molecule has 0 spiro atoms. The third-order valence-corrected chi connectivity index (χ3v) is 4.00. The Morgan fingerprint density at radius 2 is 1.90 bits per heavy atom. The number of nitrogens with two attached hydrogens (primary N) is 1. The van der Waals surface area contributed by atoms with E-state index >= 15 is 0 Å². The number of aliphatic hydroxyl groups excluding tert-OH is 1. The van der Waals surface area contributed by atoms with Gasteiger partial charge in [-0.2, -0.15) is 8.78 Å². The van der Waals surface area contributed by atoms with Crippen LogP contribution in [0.3, 0.4) is 0 Å². The summed E-state index contributed by atoms with van der Waals surface area (Å²) in [7, 11) is 0. The number of carbonyl (C=O) groups excluding carboxylic acids is 1. The number of carbonyl (C=O) groups is 1. The second-order valence-electron chi connectivity index (χ2n) is 6.44. The van der Waals surface area contributed by atoms with Gasteiger partial charge in [-0.3, -0.25) is 4.79 Å². The Bertz CT molecular complexity index is 863. The van der Waals surface area contributed by atoms with E-state index in [2.05, 4.69) is 20.4 Å². The first-order valence-electron chi connectivity index (χ1n) is 9.62. The fraction of sp³-hybridized carbons (Fsp3) is 0.333. The fourth-order valence-electron chi connectivity index (χ4n) is 2.58. The molecule has 0 aliphatic carbocycles. The highest BCUT2D eigenvalue weighted by Gasteiger charge is 2.10. The molecule has 5 N–H and O–H groups in total. The van der Waals surface area contributed by atoms with Crippen molar-refractivity contribution < 1.29 is 28.2 Å². The average molecular weight is 436 g/mol. The smallest absolute Gasteiger partial charge is 0.387 e. The fourth-order valence-corrected chi connectivity index (χ4v) is 2.58. The number of aliphatic imine (C=N–C) groups is 1. The maximum atomic E-state index is 12.2. The molecular weight excluding hydrogens is 410 g/mol. The first-order valence-corrected chi connectivity index (χ1v) is 9.62. The Balaban J connectivity index is 1.93. The van der Waals surface area contributed by atoms with Crippen molar-refractivity contribution >= 4 is 11.9 Å². The minimum Gasteiger partial charge on any atom is -0.484 e. The van der Waals surface area contributed by atoms with Crippen molar-refractivity contribution in [1.29, 1.82) is 0 Å². The van der Waals surface area contributed by atoms with Gasteiger partial charge in [0.05, 0.1) is 12.6 Å². The Kier molecular flexibility index (Phi) is 9.50. The zero-order valence-electron chi connectivity index (χ0n) is 17.1. The molecule has 0 radical (unpaired) electrons. The number of halogens is 2. The number of hydrogen-bond acceptors (Lipinski definition) is 5. The van der Waals surface area contributed by atoms with Crippen LogP contribution < -0.4 is 25.8 Å². The minimum absolute atomic E-state index is 0.0239. The summed E-state index contributed by atoms with van der Waals surface area (Å²) in [5.74, 6) is 0.467. The normalized spacial score (nSPS) is 12.4. The lowest BCUT2D eigenvalue weighted by Crippen LogP contribution is -2.39. The van der Waals surface area contributed by atoms with Crippen molar-refractivity contribution in [2.24, 2.45) is 10.7 Å². The quantitative estimate of drug-likeness (QED) is 0.316. The zero-order chi connectivity index (χ0) is 22.6. The van der Waals surface area contributed by atoms with Gasteiger partial charge in [-0.1, -0.05) is 24.3 Å². The topological polar surface area (TPSA) is 118 Å². The maximum Gasteiger partial charge on any atom is 0.387 e. The van der Waals surface area contributed by atoms with E-state index < -0.39 is 18.6 Å². The van der Waals surface area contributed by atoms with Crippen LogP contribution >= 0.6 is 0 Å². The Morgan fingerprint density at radius 1 is 1.16 bits per heavy atom. The lowest BCUT2D eigenvalue weighted by Gasteiger charge is -2.16. The van der Waals surface area contributed by atoms with Gasteiger partial charge in [-0.25, -0.2) is 4.99 Å². The molecular formula is C21H26F2N4O4. The van der Waals surface area contributed by atoms with Crippen LogP contribution in [-0.2, 0) is 11.3 Å². The monoisotopic (exact) mass is 436 g/mol. The summed E-state index contributed by atoms with van der Waals surface area (Å²) < 4.78 is 34.0. The van der Waals surface area contributed by atoms with Gasteiger partial charge in [0.1, 0.15) is 11.5 Å². The molecule has 0 saturated heterocycles. The summed E-state index contributed by atoms with van der Waals surface area (Å²) in [6, 6.07) is 12.9. The molecule has 10 heteroatoms. The van der Waals surface area contributed by atoms with Gasteiger partial charge in [-0.15, -0.1) is 0 Å². The number of guanidine groups is 1. The van der Waals surface area contributed by atoms with Crippen molar-refractivity contribution in [2.45, 2.75) is 26.2 Å². The number of nitrogens with zero attached hydrogens (tertiary/aromatic N) is 1. The van der Waals surface area contributed by atoms with E-state index in [1.54, 1.807) is 18.2 Å². The van der Waals surface area contributed by atoms with Gasteiger partial charge in [-0.05, 0) is 42.3 Å². The van der Waals surface area contributed by atoms with Gasteiger partial charge < -0.3 is 30.9 Å². The lowest BCUT2D eigenvalue weighted by molar-refractivity contribution is -0.119. The van der Waals surface area contributed by atoms with Crippen LogP contribution in [0, 0.1) is 0 Å². The molecule has 1 amide bonds. The number of nitrogens with one attached hydrogen (secondary N) is 2. The van der Waals surface area contributed by atoms with Crippen molar-refractivity contribution in [3.05, 3.63) is 59.7 Å². The van der Waals surface area contributed by atoms with E-state index in [0.717, 1.165) is 5.56 Å². The number of alkyl halides is 2. The Morgan fingerprint density at radius 3 is 2.55 bits per heavy atom. The summed E-state index contributed by atoms with van der Waals surface area (Å²) in [5, 5.41) is 16.5. The molecule has 31 heavy (non-hydrogen) atoms. The van der Waals surface area contributed by atoms with Gasteiger partial charge >= 0.3 is 6.61 Å². The number of ether oxygens (including phenoxy) is 2. The lowest BCUT2D eigenvalue weighted by atomic mass is 10.1. The van der Waals surface area contributed by atoms with Crippen molar-refractivity contribution in [2.75, 3.05) is 19.7 Å². The Labute approximate surface area is 179 Å². The summed E-state index contributed by atoms with van der Waals surface area (Å²) in [5.41, 5.74) is 6.48. The minimum atomic E-state index is -2.90. The molecule has 8 nitrogen and oxygen atoms in total. The number of rotatable bonds is 11. The van der Waals surface area contributed by atoms with Gasteiger partial charge in [0.25, 0.3) is 5.91 Å². The van der Waals surface area contributed by atoms with Crippen molar-refractivity contribution in [3.8, 4) is 11.5 Å². The van der Waals surface area contributed by atoms with Crippen LogP contribution in [0.2, 0.25) is 0 Å². The summed E-state index contributed by atoms with van der Waals surface area (Å²) in [6.07, 6.45) is -0.880. The van der Waals surface area contributed by atoms with Gasteiger partial charge in [0, 0.05) is 13.1 Å². The second kappa shape index (κ2) is 12.3. The molecule has 0 bridgehead atoms. The number of primary amides is 1.